The molecule has 0 saturated carbocycles. The Morgan fingerprint density at radius 1 is 1.29 bits per heavy atom. The first-order valence-electron chi connectivity index (χ1n) is 9.26. The molecule has 0 spiro atoms. The fraction of sp³-hybridized carbons (Fsp3) is 0.368. The van der Waals surface area contributed by atoms with Crippen LogP contribution in [-0.4, -0.2) is 38.2 Å². The third kappa shape index (κ3) is 3.87. The summed E-state index contributed by atoms with van der Waals surface area (Å²) in [6.07, 6.45) is 4.01. The van der Waals surface area contributed by atoms with Crippen molar-refractivity contribution in [2.45, 2.75) is 26.3 Å². The van der Waals surface area contributed by atoms with Gasteiger partial charge in [-0.05, 0) is 49.1 Å². The van der Waals surface area contributed by atoms with Gasteiger partial charge in [0, 0.05) is 30.0 Å². The number of rotatable bonds is 4. The van der Waals surface area contributed by atoms with Crippen LogP contribution in [0.5, 0.6) is 0 Å². The molecule has 1 fully saturated rings. The molecule has 0 unspecified atom stereocenters. The number of amides is 1. The van der Waals surface area contributed by atoms with E-state index in [1.54, 1.807) is 30.5 Å². The van der Waals surface area contributed by atoms with E-state index in [-0.39, 0.29) is 12.5 Å². The predicted octanol–water partition coefficient (Wildman–Crippen LogP) is 2.42. The second-order valence-electron chi connectivity index (χ2n) is 7.14. The van der Waals surface area contributed by atoms with Gasteiger partial charge < -0.3 is 10.2 Å². The highest BCUT2D eigenvalue weighted by molar-refractivity contribution is 6.30. The van der Waals surface area contributed by atoms with Crippen LogP contribution in [0.4, 0.5) is 11.5 Å². The minimum absolute atomic E-state index is 0.194. The lowest BCUT2D eigenvalue weighted by Crippen LogP contribution is -2.34. The minimum Gasteiger partial charge on any atom is -0.356 e. The standard InChI is InChI=1S/C19H21ClN6O2/c1-13-3-2-9-24(11-13)16-8-10-25-18(22-16)23-26(19(25)28)12-17(27)21-15-6-4-14(20)5-7-15/h4-8,10,13H,2-3,9,11-12H2,1H3,(H,21,27)/t13-/m1/s1. The molecule has 1 aliphatic heterocycles. The van der Waals surface area contributed by atoms with Crippen molar-refractivity contribution in [2.24, 2.45) is 5.92 Å². The monoisotopic (exact) mass is 400 g/mol. The Bertz CT molecular complexity index is 1060. The molecule has 3 heterocycles. The molecule has 1 aromatic carbocycles. The number of carbonyl (C=O) groups is 1. The largest absolute Gasteiger partial charge is 0.356 e. The maximum absolute atomic E-state index is 12.5. The number of anilines is 2. The van der Waals surface area contributed by atoms with Gasteiger partial charge in [0.25, 0.3) is 5.78 Å². The van der Waals surface area contributed by atoms with E-state index in [9.17, 15) is 9.59 Å². The van der Waals surface area contributed by atoms with Crippen LogP contribution in [0.2, 0.25) is 5.02 Å². The summed E-state index contributed by atoms with van der Waals surface area (Å²) in [5.74, 6) is 1.36. The summed E-state index contributed by atoms with van der Waals surface area (Å²) in [4.78, 5) is 31.5. The predicted molar refractivity (Wildman–Crippen MR) is 108 cm³/mol. The average Bonchev–Trinajstić information content (AvgIpc) is 2.98. The van der Waals surface area contributed by atoms with Crippen LogP contribution in [0.1, 0.15) is 19.8 Å². The molecule has 1 aliphatic rings. The second kappa shape index (κ2) is 7.63. The summed E-state index contributed by atoms with van der Waals surface area (Å²) < 4.78 is 2.47. The molecule has 1 amide bonds. The van der Waals surface area contributed by atoms with Crippen molar-refractivity contribution in [2.75, 3.05) is 23.3 Å². The lowest BCUT2D eigenvalue weighted by atomic mass is 10.0. The molecule has 1 N–H and O–H groups in total. The topological polar surface area (TPSA) is 84.5 Å². The molecular weight excluding hydrogens is 380 g/mol. The fourth-order valence-corrected chi connectivity index (χ4v) is 3.57. The van der Waals surface area contributed by atoms with Crippen molar-refractivity contribution in [1.29, 1.82) is 0 Å². The van der Waals surface area contributed by atoms with E-state index in [1.807, 2.05) is 6.07 Å². The number of nitrogens with one attached hydrogen (secondary N) is 1. The van der Waals surface area contributed by atoms with E-state index in [0.717, 1.165) is 30.0 Å². The van der Waals surface area contributed by atoms with Gasteiger partial charge in [-0.2, -0.15) is 4.98 Å². The van der Waals surface area contributed by atoms with E-state index in [2.05, 4.69) is 27.2 Å². The van der Waals surface area contributed by atoms with Gasteiger partial charge in [-0.15, -0.1) is 5.10 Å². The van der Waals surface area contributed by atoms with Crippen LogP contribution in [0.15, 0.2) is 41.3 Å². The Labute approximate surface area is 166 Å². The van der Waals surface area contributed by atoms with Crippen LogP contribution in [0, 0.1) is 5.92 Å². The lowest BCUT2D eigenvalue weighted by Gasteiger charge is -2.31. The quantitative estimate of drug-likeness (QED) is 0.727. The minimum atomic E-state index is -0.396. The molecular formula is C19H21ClN6O2. The zero-order valence-corrected chi connectivity index (χ0v) is 16.3. The van der Waals surface area contributed by atoms with Gasteiger partial charge in [0.1, 0.15) is 12.4 Å². The summed E-state index contributed by atoms with van der Waals surface area (Å²) in [6.45, 7) is 3.92. The number of hydrogen-bond donors (Lipinski definition) is 1. The maximum atomic E-state index is 12.5. The Kier molecular flexibility index (Phi) is 5.04. The number of aromatic nitrogens is 4. The summed E-state index contributed by atoms with van der Waals surface area (Å²) in [5, 5.41) is 7.53. The van der Waals surface area contributed by atoms with Gasteiger partial charge in [-0.1, -0.05) is 18.5 Å². The average molecular weight is 401 g/mol. The van der Waals surface area contributed by atoms with Gasteiger partial charge >= 0.3 is 5.69 Å². The third-order valence-electron chi connectivity index (χ3n) is 4.84. The van der Waals surface area contributed by atoms with Crippen LogP contribution >= 0.6 is 11.6 Å². The molecule has 146 valence electrons. The maximum Gasteiger partial charge on any atom is 0.352 e. The first-order valence-corrected chi connectivity index (χ1v) is 9.64. The summed E-state index contributed by atoms with van der Waals surface area (Å²) in [5.41, 5.74) is 0.207. The van der Waals surface area contributed by atoms with E-state index >= 15 is 0 Å². The highest BCUT2D eigenvalue weighted by Crippen LogP contribution is 2.21. The zero-order chi connectivity index (χ0) is 19.7. The Morgan fingerprint density at radius 2 is 2.07 bits per heavy atom. The van der Waals surface area contributed by atoms with Crippen molar-refractivity contribution in [3.05, 3.63) is 52.0 Å². The summed E-state index contributed by atoms with van der Waals surface area (Å²) >= 11 is 5.84. The SMILES string of the molecule is C[C@@H]1CCCN(c2ccn3c(=O)n(CC(=O)Nc4ccc(Cl)cc4)nc3n2)C1. The van der Waals surface area contributed by atoms with E-state index in [0.29, 0.717) is 22.4 Å². The number of carbonyl (C=O) groups excluding carboxylic acids is 1. The summed E-state index contributed by atoms with van der Waals surface area (Å²) in [7, 11) is 0. The lowest BCUT2D eigenvalue weighted by molar-refractivity contribution is -0.117. The van der Waals surface area contributed by atoms with Crippen molar-refractivity contribution in [3.63, 3.8) is 0 Å². The van der Waals surface area contributed by atoms with Crippen LogP contribution < -0.4 is 15.9 Å². The van der Waals surface area contributed by atoms with Crippen molar-refractivity contribution < 1.29 is 4.79 Å². The first-order chi connectivity index (χ1) is 13.5. The van der Waals surface area contributed by atoms with E-state index < -0.39 is 5.69 Å². The van der Waals surface area contributed by atoms with Crippen molar-refractivity contribution in [1.82, 2.24) is 19.2 Å². The molecule has 1 saturated heterocycles. The van der Waals surface area contributed by atoms with Crippen LogP contribution in [0.3, 0.4) is 0 Å². The first kappa shape index (κ1) is 18.5. The number of piperidine rings is 1. The number of halogens is 1. The van der Waals surface area contributed by atoms with Gasteiger partial charge in [-0.25, -0.2) is 13.9 Å². The van der Waals surface area contributed by atoms with Crippen molar-refractivity contribution >= 4 is 34.8 Å². The summed E-state index contributed by atoms with van der Waals surface area (Å²) in [6, 6.07) is 8.58. The number of nitrogens with zero attached hydrogens (tertiary/aromatic N) is 5. The number of fused-ring (bicyclic) bond motifs is 1. The number of hydrogen-bond acceptors (Lipinski definition) is 5. The fourth-order valence-electron chi connectivity index (χ4n) is 3.44. The zero-order valence-electron chi connectivity index (χ0n) is 15.5. The molecule has 4 rings (SSSR count). The Hall–Kier alpha value is -2.87. The second-order valence-corrected chi connectivity index (χ2v) is 7.58. The van der Waals surface area contributed by atoms with Crippen LogP contribution in [-0.2, 0) is 11.3 Å². The highest BCUT2D eigenvalue weighted by Gasteiger charge is 2.19. The van der Waals surface area contributed by atoms with Gasteiger partial charge in [0.2, 0.25) is 5.91 Å². The molecule has 9 heteroatoms. The molecule has 2 aromatic heterocycles. The molecule has 3 aromatic rings. The molecule has 0 radical (unpaired) electrons. The van der Waals surface area contributed by atoms with E-state index in [4.69, 9.17) is 11.6 Å². The molecule has 0 aliphatic carbocycles. The Balaban J connectivity index is 1.52. The number of benzene rings is 1. The van der Waals surface area contributed by atoms with Gasteiger partial charge in [0.05, 0.1) is 0 Å². The smallest absolute Gasteiger partial charge is 0.352 e. The normalized spacial score (nSPS) is 17.1. The Morgan fingerprint density at radius 3 is 2.82 bits per heavy atom. The molecule has 28 heavy (non-hydrogen) atoms. The molecule has 8 nitrogen and oxygen atoms in total. The van der Waals surface area contributed by atoms with Gasteiger partial charge in [-0.3, -0.25) is 4.79 Å². The molecule has 0 bridgehead atoms. The van der Waals surface area contributed by atoms with Gasteiger partial charge in [0.15, 0.2) is 0 Å². The van der Waals surface area contributed by atoms with Crippen LogP contribution in [0.25, 0.3) is 5.78 Å². The molecule has 1 atom stereocenters. The van der Waals surface area contributed by atoms with Crippen molar-refractivity contribution in [3.8, 4) is 0 Å². The highest BCUT2D eigenvalue weighted by atomic mass is 35.5. The van der Waals surface area contributed by atoms with E-state index in [1.165, 1.54) is 10.8 Å². The third-order valence-corrected chi connectivity index (χ3v) is 5.09.